The Kier molecular flexibility index (Phi) is 5.75. The number of benzene rings is 1. The highest BCUT2D eigenvalue weighted by Gasteiger charge is 2.33. The van der Waals surface area contributed by atoms with Crippen molar-refractivity contribution in [2.45, 2.75) is 30.0 Å². The molecule has 1 fully saturated rings. The van der Waals surface area contributed by atoms with Crippen LogP contribution in [0.5, 0.6) is 11.9 Å². The lowest BCUT2D eigenvalue weighted by Gasteiger charge is -2.31. The number of rotatable bonds is 5. The molecule has 2 heterocycles. The number of alkyl halides is 3. The summed E-state index contributed by atoms with van der Waals surface area (Å²) in [6, 6.07) is 5.24. The first kappa shape index (κ1) is 20.3. The maximum absolute atomic E-state index is 12.7. The van der Waals surface area contributed by atoms with Gasteiger partial charge in [-0.1, -0.05) is 0 Å². The normalized spacial score (nSPS) is 16.7. The summed E-state index contributed by atoms with van der Waals surface area (Å²) >= 11 is 0. The number of hydrogen-bond donors (Lipinski definition) is 0. The van der Waals surface area contributed by atoms with Crippen molar-refractivity contribution >= 4 is 10.0 Å². The number of nitrogens with zero attached hydrogens (tertiary/aromatic N) is 3. The van der Waals surface area contributed by atoms with E-state index in [1.54, 1.807) is 6.07 Å². The number of sulfonamides is 1. The van der Waals surface area contributed by atoms with Crippen LogP contribution in [-0.4, -0.2) is 49.0 Å². The Morgan fingerprint density at radius 3 is 2.32 bits per heavy atom. The first-order valence-corrected chi connectivity index (χ1v) is 9.85. The number of aromatic nitrogens is 2. The molecule has 152 valence electrons. The molecular formula is C17H18F3N3O4S. The van der Waals surface area contributed by atoms with Crippen molar-refractivity contribution in [2.24, 2.45) is 0 Å². The molecule has 2 aromatic rings. The third-order valence-corrected chi connectivity index (χ3v) is 6.21. The quantitative estimate of drug-likeness (QED) is 0.744. The molecule has 0 unspecified atom stereocenters. The lowest BCUT2D eigenvalue weighted by Crippen LogP contribution is -2.41. The molecule has 1 aromatic carbocycles. The SMILES string of the molecule is COc1nccc(OC2CCN(S(=O)(=O)c3ccc(C(F)(F)F)cc3)CC2)n1. The van der Waals surface area contributed by atoms with Gasteiger partial charge in [-0.15, -0.1) is 0 Å². The summed E-state index contributed by atoms with van der Waals surface area (Å²) in [5.41, 5.74) is -0.890. The van der Waals surface area contributed by atoms with E-state index in [1.165, 1.54) is 17.6 Å². The van der Waals surface area contributed by atoms with Crippen LogP contribution in [0.2, 0.25) is 0 Å². The predicted molar refractivity (Wildman–Crippen MR) is 92.4 cm³/mol. The van der Waals surface area contributed by atoms with Crippen molar-refractivity contribution in [1.29, 1.82) is 0 Å². The van der Waals surface area contributed by atoms with Crippen LogP contribution in [0, 0.1) is 0 Å². The summed E-state index contributed by atoms with van der Waals surface area (Å²) in [7, 11) is -2.43. The van der Waals surface area contributed by atoms with Crippen molar-refractivity contribution < 1.29 is 31.1 Å². The molecule has 0 saturated carbocycles. The summed E-state index contributed by atoms with van der Waals surface area (Å²) in [5, 5.41) is 0. The lowest BCUT2D eigenvalue weighted by atomic mass is 10.1. The standard InChI is InChI=1S/C17H18F3N3O4S/c1-26-16-21-9-6-15(22-16)27-13-7-10-23(11-8-13)28(24,25)14-4-2-12(3-5-14)17(18,19)20/h2-6,9,13H,7-8,10-11H2,1H3. The Morgan fingerprint density at radius 1 is 1.11 bits per heavy atom. The van der Waals surface area contributed by atoms with Gasteiger partial charge in [0, 0.05) is 25.4 Å². The number of ether oxygens (including phenoxy) is 2. The Hall–Kier alpha value is -2.40. The minimum atomic E-state index is -4.51. The molecule has 1 aliphatic rings. The second-order valence-corrected chi connectivity index (χ2v) is 8.06. The van der Waals surface area contributed by atoms with Gasteiger partial charge in [-0.25, -0.2) is 13.4 Å². The fourth-order valence-corrected chi connectivity index (χ4v) is 4.28. The molecule has 28 heavy (non-hydrogen) atoms. The van der Waals surface area contributed by atoms with Crippen molar-refractivity contribution in [1.82, 2.24) is 14.3 Å². The Balaban J connectivity index is 1.63. The predicted octanol–water partition coefficient (Wildman–Crippen LogP) is 2.74. The smallest absolute Gasteiger partial charge is 0.416 e. The van der Waals surface area contributed by atoms with Gasteiger partial charge in [0.1, 0.15) is 6.10 Å². The number of halogens is 3. The van der Waals surface area contributed by atoms with Gasteiger partial charge in [0.25, 0.3) is 0 Å². The maximum atomic E-state index is 12.7. The molecule has 0 radical (unpaired) electrons. The van der Waals surface area contributed by atoms with Gasteiger partial charge < -0.3 is 9.47 Å². The van der Waals surface area contributed by atoms with Crippen LogP contribution in [0.15, 0.2) is 41.4 Å². The molecule has 0 N–H and O–H groups in total. The fraction of sp³-hybridized carbons (Fsp3) is 0.412. The highest BCUT2D eigenvalue weighted by molar-refractivity contribution is 7.89. The zero-order valence-corrected chi connectivity index (χ0v) is 15.7. The van der Waals surface area contributed by atoms with Crippen LogP contribution in [0.25, 0.3) is 0 Å². The Labute approximate surface area is 160 Å². The summed E-state index contributed by atoms with van der Waals surface area (Å²) in [6.45, 7) is 0.381. The summed E-state index contributed by atoms with van der Waals surface area (Å²) in [6.07, 6.45) is -2.41. The van der Waals surface area contributed by atoms with E-state index >= 15 is 0 Å². The van der Waals surface area contributed by atoms with Gasteiger partial charge in [-0.3, -0.25) is 0 Å². The summed E-state index contributed by atoms with van der Waals surface area (Å²) < 4.78 is 75.2. The highest BCUT2D eigenvalue weighted by atomic mass is 32.2. The average Bonchev–Trinajstić information content (AvgIpc) is 2.68. The van der Waals surface area contributed by atoms with E-state index in [2.05, 4.69) is 9.97 Å². The topological polar surface area (TPSA) is 81.6 Å². The number of methoxy groups -OCH3 is 1. The monoisotopic (exact) mass is 417 g/mol. The molecular weight excluding hydrogens is 399 g/mol. The van der Waals surface area contributed by atoms with Crippen molar-refractivity contribution in [2.75, 3.05) is 20.2 Å². The maximum Gasteiger partial charge on any atom is 0.416 e. The van der Waals surface area contributed by atoms with Crippen LogP contribution >= 0.6 is 0 Å². The zero-order chi connectivity index (χ0) is 20.4. The molecule has 3 rings (SSSR count). The zero-order valence-electron chi connectivity index (χ0n) is 14.9. The first-order chi connectivity index (χ1) is 13.2. The minimum absolute atomic E-state index is 0.166. The Bertz CT molecular complexity index is 912. The van der Waals surface area contributed by atoms with Gasteiger partial charge >= 0.3 is 12.2 Å². The highest BCUT2D eigenvalue weighted by Crippen LogP contribution is 2.30. The molecule has 0 atom stereocenters. The van der Waals surface area contributed by atoms with Gasteiger partial charge in [-0.2, -0.15) is 22.5 Å². The third-order valence-electron chi connectivity index (χ3n) is 4.30. The summed E-state index contributed by atoms with van der Waals surface area (Å²) in [4.78, 5) is 7.76. The van der Waals surface area contributed by atoms with E-state index in [-0.39, 0.29) is 30.1 Å². The molecule has 1 saturated heterocycles. The third kappa shape index (κ3) is 4.53. The molecule has 11 heteroatoms. The fourth-order valence-electron chi connectivity index (χ4n) is 2.82. The lowest BCUT2D eigenvalue weighted by molar-refractivity contribution is -0.137. The first-order valence-electron chi connectivity index (χ1n) is 8.41. The molecule has 1 aliphatic heterocycles. The van der Waals surface area contributed by atoms with Gasteiger partial charge in [0.05, 0.1) is 17.6 Å². The minimum Gasteiger partial charge on any atom is -0.474 e. The average molecular weight is 417 g/mol. The van der Waals surface area contributed by atoms with Crippen LogP contribution in [0.3, 0.4) is 0 Å². The van der Waals surface area contributed by atoms with Crippen molar-refractivity contribution in [3.8, 4) is 11.9 Å². The van der Waals surface area contributed by atoms with E-state index in [0.29, 0.717) is 18.7 Å². The van der Waals surface area contributed by atoms with E-state index in [9.17, 15) is 21.6 Å². The van der Waals surface area contributed by atoms with Crippen LogP contribution < -0.4 is 9.47 Å². The Morgan fingerprint density at radius 2 is 1.75 bits per heavy atom. The van der Waals surface area contributed by atoms with Gasteiger partial charge in [-0.05, 0) is 37.1 Å². The van der Waals surface area contributed by atoms with Crippen LogP contribution in [-0.2, 0) is 16.2 Å². The number of piperidine rings is 1. The van der Waals surface area contributed by atoms with Crippen molar-refractivity contribution in [3.05, 3.63) is 42.1 Å². The summed E-state index contributed by atoms with van der Waals surface area (Å²) in [5.74, 6) is 0.330. The van der Waals surface area contributed by atoms with Gasteiger partial charge in [0.15, 0.2) is 0 Å². The van der Waals surface area contributed by atoms with E-state index in [4.69, 9.17) is 9.47 Å². The second-order valence-electron chi connectivity index (χ2n) is 6.13. The van der Waals surface area contributed by atoms with E-state index in [0.717, 1.165) is 24.3 Å². The van der Waals surface area contributed by atoms with Gasteiger partial charge in [0.2, 0.25) is 15.9 Å². The second kappa shape index (κ2) is 7.92. The van der Waals surface area contributed by atoms with Crippen molar-refractivity contribution in [3.63, 3.8) is 0 Å². The van der Waals surface area contributed by atoms with Crippen LogP contribution in [0.1, 0.15) is 18.4 Å². The van der Waals surface area contributed by atoms with E-state index in [1.807, 2.05) is 0 Å². The molecule has 0 aliphatic carbocycles. The molecule has 0 bridgehead atoms. The van der Waals surface area contributed by atoms with E-state index < -0.39 is 21.8 Å². The van der Waals surface area contributed by atoms with Crippen LogP contribution in [0.4, 0.5) is 13.2 Å². The number of hydrogen-bond acceptors (Lipinski definition) is 6. The molecule has 7 nitrogen and oxygen atoms in total. The molecule has 0 spiro atoms. The molecule has 0 amide bonds. The molecule has 1 aromatic heterocycles. The largest absolute Gasteiger partial charge is 0.474 e.